The number of aryl methyl sites for hydroxylation is 1. The minimum atomic E-state index is 0.221. The first-order valence-corrected chi connectivity index (χ1v) is 12.1. The molecule has 6 nitrogen and oxygen atoms in total. The van der Waals surface area contributed by atoms with E-state index in [4.69, 9.17) is 9.47 Å². The van der Waals surface area contributed by atoms with Crippen LogP contribution in [0.25, 0.3) is 0 Å². The third-order valence-corrected chi connectivity index (χ3v) is 6.87. The van der Waals surface area contributed by atoms with Crippen LogP contribution in [-0.4, -0.2) is 50.4 Å². The van der Waals surface area contributed by atoms with Crippen molar-refractivity contribution in [2.45, 2.75) is 32.7 Å². The Morgan fingerprint density at radius 2 is 1.85 bits per heavy atom. The summed E-state index contributed by atoms with van der Waals surface area (Å²) in [5.74, 6) is 1.48. The van der Waals surface area contributed by atoms with E-state index in [1.54, 1.807) is 7.11 Å². The fourth-order valence-electron chi connectivity index (χ4n) is 5.03. The number of allylic oxidation sites excluding steroid dienone is 2. The van der Waals surface area contributed by atoms with Crippen LogP contribution in [0.5, 0.6) is 5.75 Å². The molecule has 6 heteroatoms. The fraction of sp³-hybridized carbons (Fsp3) is 0.429. The van der Waals surface area contributed by atoms with Gasteiger partial charge in [-0.05, 0) is 72.6 Å². The molecule has 2 atom stereocenters. The molecule has 0 aromatic heterocycles. The van der Waals surface area contributed by atoms with Crippen LogP contribution in [0, 0.1) is 18.8 Å². The molecule has 180 valence electrons. The van der Waals surface area contributed by atoms with E-state index in [2.05, 4.69) is 57.9 Å². The molecule has 2 unspecified atom stereocenters. The molecule has 1 heterocycles. The zero-order valence-corrected chi connectivity index (χ0v) is 20.2. The normalized spacial score (nSPS) is 21.3. The van der Waals surface area contributed by atoms with Crippen molar-refractivity contribution in [3.63, 3.8) is 0 Å². The predicted molar refractivity (Wildman–Crippen MR) is 135 cm³/mol. The van der Waals surface area contributed by atoms with Gasteiger partial charge in [-0.1, -0.05) is 36.4 Å². The van der Waals surface area contributed by atoms with E-state index in [-0.39, 0.29) is 5.92 Å². The number of carbonyl (C=O) groups is 1. The van der Waals surface area contributed by atoms with Crippen molar-refractivity contribution in [3.8, 4) is 5.75 Å². The first kappa shape index (κ1) is 24.2. The van der Waals surface area contributed by atoms with Crippen LogP contribution < -0.4 is 10.2 Å². The lowest BCUT2D eigenvalue weighted by Gasteiger charge is -2.30. The molecular formula is C28H35N3O3. The first-order chi connectivity index (χ1) is 16.7. The van der Waals surface area contributed by atoms with E-state index in [1.807, 2.05) is 19.1 Å². The van der Waals surface area contributed by atoms with Crippen molar-refractivity contribution < 1.29 is 14.3 Å². The highest BCUT2D eigenvalue weighted by Crippen LogP contribution is 2.33. The second-order valence-electron chi connectivity index (χ2n) is 9.15. The molecule has 1 saturated heterocycles. The lowest BCUT2D eigenvalue weighted by Crippen LogP contribution is -2.35. The number of carbonyl (C=O) groups excluding carboxylic acids is 1. The van der Waals surface area contributed by atoms with Gasteiger partial charge in [-0.15, -0.1) is 0 Å². The smallest absolute Gasteiger partial charge is 0.227 e. The Bertz CT molecular complexity index is 1010. The van der Waals surface area contributed by atoms with Crippen molar-refractivity contribution in [3.05, 3.63) is 76.9 Å². The van der Waals surface area contributed by atoms with E-state index >= 15 is 0 Å². The second-order valence-corrected chi connectivity index (χ2v) is 9.15. The molecule has 2 aliphatic rings. The van der Waals surface area contributed by atoms with Crippen LogP contribution in [0.1, 0.15) is 35.1 Å². The second kappa shape index (κ2) is 12.0. The molecule has 1 aliphatic carbocycles. The Labute approximate surface area is 202 Å². The fourth-order valence-corrected chi connectivity index (χ4v) is 5.03. The summed E-state index contributed by atoms with van der Waals surface area (Å²) in [4.78, 5) is 13.5. The maximum Gasteiger partial charge on any atom is 0.227 e. The summed E-state index contributed by atoms with van der Waals surface area (Å²) >= 11 is 0. The van der Waals surface area contributed by atoms with Crippen molar-refractivity contribution >= 4 is 12.1 Å². The number of amides is 1. The average Bonchev–Trinajstić information content (AvgIpc) is 2.87. The standard InChI is InChI=1S/C28H35N3O3/c1-21-17-25(11-12-27(21)33-2)28(30-29-20-32)26-6-4-3-5-24(26)18-22-7-9-23(10-8-22)19-31-13-15-34-16-14-31/h3-4,7-12,17,20,24,26H,5-6,13-16,18-19H2,1-2H3,(H,29,32)/b30-28-. The van der Waals surface area contributed by atoms with Gasteiger partial charge in [0.1, 0.15) is 5.75 Å². The van der Waals surface area contributed by atoms with E-state index < -0.39 is 0 Å². The zero-order valence-electron chi connectivity index (χ0n) is 20.2. The van der Waals surface area contributed by atoms with Gasteiger partial charge in [-0.25, -0.2) is 5.43 Å². The van der Waals surface area contributed by atoms with E-state index in [9.17, 15) is 4.79 Å². The highest BCUT2D eigenvalue weighted by molar-refractivity contribution is 6.03. The van der Waals surface area contributed by atoms with Crippen LogP contribution >= 0.6 is 0 Å². The van der Waals surface area contributed by atoms with E-state index in [1.165, 1.54) is 11.1 Å². The summed E-state index contributed by atoms with van der Waals surface area (Å²) < 4.78 is 10.9. The molecule has 1 N–H and O–H groups in total. The van der Waals surface area contributed by atoms with Crippen LogP contribution in [0.3, 0.4) is 0 Å². The summed E-state index contributed by atoms with van der Waals surface area (Å²) in [6, 6.07) is 15.2. The number of nitrogens with one attached hydrogen (secondary N) is 1. The van der Waals surface area contributed by atoms with Gasteiger partial charge in [-0.3, -0.25) is 9.69 Å². The largest absolute Gasteiger partial charge is 0.496 e. The number of rotatable bonds is 9. The Morgan fingerprint density at radius 3 is 2.56 bits per heavy atom. The van der Waals surface area contributed by atoms with Crippen LogP contribution in [0.4, 0.5) is 0 Å². The third kappa shape index (κ3) is 6.13. The number of ether oxygens (including phenoxy) is 2. The van der Waals surface area contributed by atoms with Crippen LogP contribution in [-0.2, 0) is 22.5 Å². The molecule has 2 aromatic carbocycles. The molecule has 0 radical (unpaired) electrons. The summed E-state index contributed by atoms with van der Waals surface area (Å²) in [5, 5.41) is 4.51. The molecule has 0 bridgehead atoms. The molecular weight excluding hydrogens is 426 g/mol. The lowest BCUT2D eigenvalue weighted by molar-refractivity contribution is -0.109. The Hall–Kier alpha value is -2.96. The molecule has 0 spiro atoms. The molecule has 0 saturated carbocycles. The van der Waals surface area contributed by atoms with Crippen molar-refractivity contribution in [1.82, 2.24) is 10.3 Å². The molecule has 1 fully saturated rings. The number of benzene rings is 2. The van der Waals surface area contributed by atoms with Gasteiger partial charge in [0.05, 0.1) is 26.0 Å². The number of hydrogen-bond acceptors (Lipinski definition) is 5. The van der Waals surface area contributed by atoms with Gasteiger partial charge in [-0.2, -0.15) is 5.10 Å². The van der Waals surface area contributed by atoms with Crippen LogP contribution in [0.2, 0.25) is 0 Å². The van der Waals surface area contributed by atoms with Crippen LogP contribution in [0.15, 0.2) is 59.7 Å². The summed E-state index contributed by atoms with van der Waals surface area (Å²) in [7, 11) is 1.68. The summed E-state index contributed by atoms with van der Waals surface area (Å²) in [6.45, 7) is 6.66. The highest BCUT2D eigenvalue weighted by atomic mass is 16.5. The molecule has 4 rings (SSSR count). The maximum atomic E-state index is 11.1. The minimum Gasteiger partial charge on any atom is -0.496 e. The van der Waals surface area contributed by atoms with Gasteiger partial charge in [0.15, 0.2) is 0 Å². The van der Waals surface area contributed by atoms with Gasteiger partial charge >= 0.3 is 0 Å². The first-order valence-electron chi connectivity index (χ1n) is 12.1. The highest BCUT2D eigenvalue weighted by Gasteiger charge is 2.29. The Morgan fingerprint density at radius 1 is 1.12 bits per heavy atom. The zero-order chi connectivity index (χ0) is 23.8. The molecule has 34 heavy (non-hydrogen) atoms. The number of hydrogen-bond donors (Lipinski definition) is 1. The maximum absolute atomic E-state index is 11.1. The average molecular weight is 462 g/mol. The van der Waals surface area contributed by atoms with Crippen molar-refractivity contribution in [2.24, 2.45) is 16.9 Å². The lowest BCUT2D eigenvalue weighted by atomic mass is 9.75. The summed E-state index contributed by atoms with van der Waals surface area (Å²) in [6.07, 6.45) is 8.02. The van der Waals surface area contributed by atoms with Gasteiger partial charge < -0.3 is 9.47 Å². The van der Waals surface area contributed by atoms with E-state index in [0.29, 0.717) is 12.3 Å². The quantitative estimate of drug-likeness (QED) is 0.264. The van der Waals surface area contributed by atoms with E-state index in [0.717, 1.165) is 74.7 Å². The van der Waals surface area contributed by atoms with Gasteiger partial charge in [0.2, 0.25) is 6.41 Å². The monoisotopic (exact) mass is 461 g/mol. The van der Waals surface area contributed by atoms with Crippen molar-refractivity contribution in [1.29, 1.82) is 0 Å². The predicted octanol–water partition coefficient (Wildman–Crippen LogP) is 4.11. The number of morpholine rings is 1. The number of nitrogens with zero attached hydrogens (tertiary/aromatic N) is 2. The summed E-state index contributed by atoms with van der Waals surface area (Å²) in [5.41, 5.74) is 8.25. The topological polar surface area (TPSA) is 63.2 Å². The minimum absolute atomic E-state index is 0.221. The molecule has 1 amide bonds. The molecule has 2 aromatic rings. The third-order valence-electron chi connectivity index (χ3n) is 6.87. The Kier molecular flexibility index (Phi) is 8.50. The van der Waals surface area contributed by atoms with Crippen molar-refractivity contribution in [2.75, 3.05) is 33.4 Å². The number of hydrazone groups is 1. The SMILES string of the molecule is COc1ccc(/C(=N/NC=O)C2CC=CCC2Cc2ccc(CN3CCOCC3)cc2)cc1C. The van der Waals surface area contributed by atoms with Gasteiger partial charge in [0, 0.05) is 25.6 Å². The Balaban J connectivity index is 1.50. The molecule has 1 aliphatic heterocycles. The number of methoxy groups -OCH3 is 1. The van der Waals surface area contributed by atoms with Gasteiger partial charge in [0.25, 0.3) is 0 Å².